The molecule has 152 valence electrons. The molecule has 0 heterocycles. The molecule has 14 heteroatoms. The second kappa shape index (κ2) is 21.5. The average Bonchev–Trinajstić information content (AvgIpc) is 2.46. The Labute approximate surface area is 230 Å². The fourth-order valence-corrected chi connectivity index (χ4v) is 0.739. The zero-order chi connectivity index (χ0) is 22.3. The fourth-order valence-electron chi connectivity index (χ4n) is 0.739. The van der Waals surface area contributed by atoms with E-state index in [9.17, 15) is 59.4 Å². The van der Waals surface area contributed by atoms with Crippen LogP contribution in [0.25, 0.3) is 0 Å². The summed E-state index contributed by atoms with van der Waals surface area (Å²) in [5.74, 6) is -9.07. The zero-order valence-electron chi connectivity index (χ0n) is 14.6. The van der Waals surface area contributed by atoms with E-state index in [-0.39, 0.29) is 81.7 Å². The minimum Gasteiger partial charge on any atom is -0.550 e. The van der Waals surface area contributed by atoms with Crippen molar-refractivity contribution in [3.63, 3.8) is 0 Å². The molecular weight excluding hydrogens is 661 g/mol. The van der Waals surface area contributed by atoms with Gasteiger partial charge in [-0.3, -0.25) is 0 Å². The first kappa shape index (κ1) is 38.4. The molecule has 0 unspecified atom stereocenters. The van der Waals surface area contributed by atoms with Gasteiger partial charge in [-0.25, -0.2) is 0 Å². The predicted octanol–water partition coefficient (Wildman–Crippen LogP) is -7.70. The Hall–Kier alpha value is -1.26. The van der Waals surface area contributed by atoms with E-state index in [1.807, 2.05) is 0 Å². The summed E-state index contributed by atoms with van der Waals surface area (Å²) in [4.78, 5) is 58.2. The monoisotopic (exact) mass is 668 g/mol. The van der Waals surface area contributed by atoms with Gasteiger partial charge in [0.05, 0.1) is 17.9 Å². The molecule has 0 aliphatic heterocycles. The third-order valence-electron chi connectivity index (χ3n) is 1.94. The van der Waals surface area contributed by atoms with Crippen LogP contribution in [0.3, 0.4) is 0 Å². The summed E-state index contributed by atoms with van der Waals surface area (Å²) in [5, 5.41) is 58.2. The Kier molecular flexibility index (Phi) is 28.4. The van der Waals surface area contributed by atoms with E-state index < -0.39 is 71.8 Å². The van der Waals surface area contributed by atoms with Gasteiger partial charge in [0.1, 0.15) is 0 Å². The smallest absolute Gasteiger partial charge is 0.550 e. The van der Waals surface area contributed by atoms with Crippen molar-refractivity contribution < 1.29 is 141 Å². The van der Waals surface area contributed by atoms with Crippen molar-refractivity contribution >= 4 is 35.8 Å². The molecular formula is C15H12Nd2O12. The third kappa shape index (κ3) is 31.7. The van der Waals surface area contributed by atoms with Crippen LogP contribution in [0.4, 0.5) is 0 Å². The second-order valence-corrected chi connectivity index (χ2v) is 4.32. The number of carbonyl (C=O) groups excluding carboxylic acids is 6. The molecule has 29 heavy (non-hydrogen) atoms. The molecule has 0 amide bonds. The van der Waals surface area contributed by atoms with E-state index in [4.69, 9.17) is 0 Å². The van der Waals surface area contributed by atoms with Crippen molar-refractivity contribution in [2.24, 2.45) is 0 Å². The predicted molar refractivity (Wildman–Crippen MR) is 71.3 cm³/mol. The van der Waals surface area contributed by atoms with Crippen LogP contribution in [0.5, 0.6) is 0 Å². The largest absolute Gasteiger partial charge is 3.00 e. The third-order valence-corrected chi connectivity index (χ3v) is 1.94. The Morgan fingerprint density at radius 1 is 0.448 bits per heavy atom. The van der Waals surface area contributed by atoms with Crippen LogP contribution in [0, 0.1) is 81.7 Å². The zero-order valence-corrected chi connectivity index (χ0v) is 21.1. The van der Waals surface area contributed by atoms with Crippen LogP contribution in [-0.4, -0.2) is 35.8 Å². The van der Waals surface area contributed by atoms with E-state index in [0.29, 0.717) is 0 Å². The van der Waals surface area contributed by atoms with E-state index >= 15 is 0 Å². The van der Waals surface area contributed by atoms with Gasteiger partial charge in [0, 0.05) is 37.2 Å². The van der Waals surface area contributed by atoms with Gasteiger partial charge in [-0.2, -0.15) is 0 Å². The number of hydrogen-bond acceptors (Lipinski definition) is 12. The first-order valence-corrected chi connectivity index (χ1v) is 6.38. The van der Waals surface area contributed by atoms with Crippen LogP contribution in [0.2, 0.25) is 0 Å². The number of rotatable bonds is 9. The van der Waals surface area contributed by atoms with Crippen molar-refractivity contribution in [2.75, 3.05) is 0 Å². The molecule has 0 aromatic rings. The van der Waals surface area contributed by atoms with Crippen molar-refractivity contribution in [1.29, 1.82) is 0 Å². The molecule has 0 fully saturated rings. The number of aliphatic carboxylic acids is 6. The fraction of sp³-hybridized carbons (Fsp3) is 0.200. The molecule has 0 spiro atoms. The number of hydrogen-bond donors (Lipinski definition) is 0. The number of carbonyl (C=O) groups is 6. The van der Waals surface area contributed by atoms with Gasteiger partial charge in [-0.05, 0) is 16.7 Å². The van der Waals surface area contributed by atoms with E-state index in [1.54, 1.807) is 0 Å². The first-order chi connectivity index (χ1) is 12.1. The van der Waals surface area contributed by atoms with Gasteiger partial charge in [0.25, 0.3) is 0 Å². The van der Waals surface area contributed by atoms with Gasteiger partial charge in [0.15, 0.2) is 0 Å². The molecule has 2 radical (unpaired) electrons. The summed E-state index contributed by atoms with van der Waals surface area (Å²) in [6.45, 7) is 8.73. The van der Waals surface area contributed by atoms with E-state index in [0.717, 1.165) is 0 Å². The van der Waals surface area contributed by atoms with Gasteiger partial charge in [-0.15, -0.1) is 0 Å². The van der Waals surface area contributed by atoms with E-state index in [1.165, 1.54) is 0 Å². The quantitative estimate of drug-likeness (QED) is 0.208. The summed E-state index contributed by atoms with van der Waals surface area (Å²) >= 11 is 0. The maximum Gasteiger partial charge on any atom is 3.00 e. The molecule has 0 aliphatic rings. The molecule has 0 N–H and O–H groups in total. The summed E-state index contributed by atoms with van der Waals surface area (Å²) in [6, 6.07) is 0. The summed E-state index contributed by atoms with van der Waals surface area (Å²) in [7, 11) is 0. The minimum absolute atomic E-state index is 0. The summed E-state index contributed by atoms with van der Waals surface area (Å²) in [6.07, 6.45) is -2.03. The average molecular weight is 673 g/mol. The number of carboxylic acids is 6. The first-order valence-electron chi connectivity index (χ1n) is 6.38. The minimum atomic E-state index is -1.56. The summed E-state index contributed by atoms with van der Waals surface area (Å²) in [5.41, 5.74) is -1.43. The van der Waals surface area contributed by atoms with Crippen molar-refractivity contribution in [2.45, 2.75) is 19.3 Å². The van der Waals surface area contributed by atoms with Crippen LogP contribution >= 0.6 is 0 Å². The molecule has 0 bridgehead atoms. The molecule has 0 rings (SSSR count). The molecule has 0 aliphatic carbocycles. The van der Waals surface area contributed by atoms with Crippen molar-refractivity contribution in [1.82, 2.24) is 0 Å². The van der Waals surface area contributed by atoms with Crippen molar-refractivity contribution in [3.8, 4) is 0 Å². The Morgan fingerprint density at radius 3 is 0.621 bits per heavy atom. The molecule has 0 atom stereocenters. The maximum atomic E-state index is 9.73. The Balaban J connectivity index is -0.0000000960. The summed E-state index contributed by atoms with van der Waals surface area (Å²) < 4.78 is 0. The SMILES string of the molecule is C=C(CC(=O)[O-])C(=O)[O-].C=C(CC(=O)[O-])C(=O)[O-].C=C(CC(=O)[O-])C(=O)[O-].[Nd+3].[Nd+3]. The molecule has 0 saturated heterocycles. The maximum absolute atomic E-state index is 9.73. The molecule has 12 nitrogen and oxygen atoms in total. The normalized spacial score (nSPS) is 7.86. The van der Waals surface area contributed by atoms with Gasteiger partial charge >= 0.3 is 81.7 Å². The standard InChI is InChI=1S/3C5H6O4.2Nd/c3*1-3(5(8)9)2-4(6)7;;/h3*1-2H2,(H,6,7)(H,8,9);;/q;;;2*+3/p-6. The van der Waals surface area contributed by atoms with Crippen molar-refractivity contribution in [3.05, 3.63) is 36.5 Å². The molecule has 0 aromatic carbocycles. The van der Waals surface area contributed by atoms with Crippen LogP contribution in [-0.2, 0) is 28.8 Å². The van der Waals surface area contributed by atoms with Crippen LogP contribution in [0.1, 0.15) is 19.3 Å². The van der Waals surface area contributed by atoms with Gasteiger partial charge in [-0.1, -0.05) is 19.7 Å². The second-order valence-electron chi connectivity index (χ2n) is 4.32. The van der Waals surface area contributed by atoms with Gasteiger partial charge in [0.2, 0.25) is 0 Å². The van der Waals surface area contributed by atoms with Crippen LogP contribution in [0.15, 0.2) is 36.5 Å². The Morgan fingerprint density at radius 2 is 0.586 bits per heavy atom. The molecule has 0 aromatic heterocycles. The Bertz CT molecular complexity index is 576. The topological polar surface area (TPSA) is 241 Å². The van der Waals surface area contributed by atoms with Crippen LogP contribution < -0.4 is 30.6 Å². The van der Waals surface area contributed by atoms with E-state index in [2.05, 4.69) is 19.7 Å². The van der Waals surface area contributed by atoms with Gasteiger partial charge < -0.3 is 59.4 Å². The number of carboxylic acid groups (broad SMARTS) is 6. The molecule has 0 saturated carbocycles.